The molecule has 2 aromatic rings. The Labute approximate surface area is 136 Å². The zero-order chi connectivity index (χ0) is 16.1. The highest BCUT2D eigenvalue weighted by Gasteiger charge is 2.15. The molecule has 0 N–H and O–H groups in total. The summed E-state index contributed by atoms with van der Waals surface area (Å²) < 4.78 is 15.7. The number of carbonyl (C=O) groups is 2. The molecule has 0 aliphatic carbocycles. The minimum absolute atomic E-state index is 0.244. The second-order valence-electron chi connectivity index (χ2n) is 4.20. The van der Waals surface area contributed by atoms with E-state index in [1.165, 1.54) is 26.4 Å². The van der Waals surface area contributed by atoms with Crippen LogP contribution in [-0.2, 0) is 4.74 Å². The van der Waals surface area contributed by atoms with Crippen LogP contribution >= 0.6 is 22.9 Å². The number of carbonyl (C=O) groups excluding carboxylic acids is 2. The monoisotopic (exact) mass is 340 g/mol. The molecule has 7 heteroatoms. The van der Waals surface area contributed by atoms with Gasteiger partial charge in [0.2, 0.25) is 5.78 Å². The molecule has 0 aliphatic rings. The van der Waals surface area contributed by atoms with Crippen molar-refractivity contribution < 1.29 is 23.8 Å². The van der Waals surface area contributed by atoms with Crippen LogP contribution in [-0.4, -0.2) is 32.6 Å². The smallest absolute Gasteiger partial charge is 0.338 e. The fourth-order valence-corrected chi connectivity index (χ4v) is 2.64. The molecule has 0 unspecified atom stereocenters. The van der Waals surface area contributed by atoms with Gasteiger partial charge in [-0.3, -0.25) is 4.79 Å². The molecule has 2 rings (SSSR count). The van der Waals surface area contributed by atoms with Gasteiger partial charge in [0.25, 0.3) is 0 Å². The number of halogens is 1. The van der Waals surface area contributed by atoms with E-state index < -0.39 is 5.97 Å². The Kier molecular flexibility index (Phi) is 5.41. The van der Waals surface area contributed by atoms with Gasteiger partial charge >= 0.3 is 5.97 Å². The quantitative estimate of drug-likeness (QED) is 0.595. The summed E-state index contributed by atoms with van der Waals surface area (Å²) in [4.78, 5) is 24.3. The largest absolute Gasteiger partial charge is 0.497 e. The standard InChI is InChI=1S/C15H13ClO5S/c1-19-10-5-9(6-11(7-10)20-2)15(18)21-8-12(17)13-3-4-14(16)22-13/h3-7H,8H2,1-2H3. The van der Waals surface area contributed by atoms with E-state index in [1.807, 2.05) is 0 Å². The summed E-state index contributed by atoms with van der Waals surface area (Å²) in [6.07, 6.45) is 0. The number of benzene rings is 1. The Morgan fingerprint density at radius 1 is 1.09 bits per heavy atom. The summed E-state index contributed by atoms with van der Waals surface area (Å²) in [5, 5.41) is 0. The lowest BCUT2D eigenvalue weighted by Gasteiger charge is -2.08. The maximum Gasteiger partial charge on any atom is 0.338 e. The molecule has 1 aromatic heterocycles. The molecule has 0 saturated carbocycles. The van der Waals surface area contributed by atoms with Crippen LogP contribution in [0.3, 0.4) is 0 Å². The van der Waals surface area contributed by atoms with Gasteiger partial charge in [0.05, 0.1) is 29.0 Å². The Morgan fingerprint density at radius 2 is 1.73 bits per heavy atom. The third-order valence-electron chi connectivity index (χ3n) is 2.77. The third kappa shape index (κ3) is 3.99. The lowest BCUT2D eigenvalue weighted by molar-refractivity contribution is 0.0475. The van der Waals surface area contributed by atoms with Crippen LogP contribution in [0.1, 0.15) is 20.0 Å². The second kappa shape index (κ2) is 7.29. The number of esters is 1. The molecule has 0 fully saturated rings. The van der Waals surface area contributed by atoms with Gasteiger partial charge in [0, 0.05) is 6.07 Å². The van der Waals surface area contributed by atoms with Gasteiger partial charge in [-0.2, -0.15) is 0 Å². The molecule has 0 saturated heterocycles. The van der Waals surface area contributed by atoms with E-state index in [0.29, 0.717) is 20.7 Å². The normalized spacial score (nSPS) is 10.1. The zero-order valence-electron chi connectivity index (χ0n) is 11.9. The predicted molar refractivity (Wildman–Crippen MR) is 83.5 cm³/mol. The lowest BCUT2D eigenvalue weighted by Crippen LogP contribution is -2.13. The molecule has 0 spiro atoms. The van der Waals surface area contributed by atoms with Crippen molar-refractivity contribution in [3.05, 3.63) is 45.1 Å². The minimum Gasteiger partial charge on any atom is -0.497 e. The Balaban J connectivity index is 2.04. The van der Waals surface area contributed by atoms with Crippen molar-refractivity contribution in [1.82, 2.24) is 0 Å². The topological polar surface area (TPSA) is 61.8 Å². The molecule has 0 bridgehead atoms. The van der Waals surface area contributed by atoms with E-state index in [9.17, 15) is 9.59 Å². The van der Waals surface area contributed by atoms with Gasteiger partial charge < -0.3 is 14.2 Å². The Morgan fingerprint density at radius 3 is 2.23 bits per heavy atom. The number of thiophene rings is 1. The highest BCUT2D eigenvalue weighted by Crippen LogP contribution is 2.24. The van der Waals surface area contributed by atoms with Crippen molar-refractivity contribution in [2.75, 3.05) is 20.8 Å². The molecular formula is C15H13ClO5S. The van der Waals surface area contributed by atoms with Crippen LogP contribution in [0.25, 0.3) is 0 Å². The molecular weight excluding hydrogens is 328 g/mol. The van der Waals surface area contributed by atoms with E-state index in [-0.39, 0.29) is 18.0 Å². The van der Waals surface area contributed by atoms with Gasteiger partial charge in [-0.25, -0.2) is 4.79 Å². The first-order valence-electron chi connectivity index (χ1n) is 6.22. The molecule has 0 aliphatic heterocycles. The molecule has 5 nitrogen and oxygen atoms in total. The summed E-state index contributed by atoms with van der Waals surface area (Å²) in [5.41, 5.74) is 0.244. The van der Waals surface area contributed by atoms with Crippen molar-refractivity contribution in [2.45, 2.75) is 0 Å². The SMILES string of the molecule is COc1cc(OC)cc(C(=O)OCC(=O)c2ccc(Cl)s2)c1. The summed E-state index contributed by atoms with van der Waals surface area (Å²) in [7, 11) is 2.96. The van der Waals surface area contributed by atoms with Gasteiger partial charge in [-0.1, -0.05) is 11.6 Å². The van der Waals surface area contributed by atoms with Crippen LogP contribution in [0.2, 0.25) is 4.34 Å². The molecule has 0 amide bonds. The molecule has 0 atom stereocenters. The van der Waals surface area contributed by atoms with Crippen LogP contribution < -0.4 is 9.47 Å². The average Bonchev–Trinajstić information content (AvgIpc) is 2.98. The highest BCUT2D eigenvalue weighted by molar-refractivity contribution is 7.18. The molecule has 22 heavy (non-hydrogen) atoms. The number of Topliss-reactive ketones (excluding diaryl/α,β-unsaturated/α-hetero) is 1. The average molecular weight is 341 g/mol. The molecule has 1 aromatic carbocycles. The van der Waals surface area contributed by atoms with Crippen molar-refractivity contribution >= 4 is 34.7 Å². The molecule has 0 radical (unpaired) electrons. The number of hydrogen-bond acceptors (Lipinski definition) is 6. The van der Waals surface area contributed by atoms with Crippen molar-refractivity contribution in [3.63, 3.8) is 0 Å². The van der Waals surface area contributed by atoms with E-state index in [4.69, 9.17) is 25.8 Å². The van der Waals surface area contributed by atoms with E-state index in [2.05, 4.69) is 0 Å². The van der Waals surface area contributed by atoms with Gasteiger partial charge in [-0.05, 0) is 24.3 Å². The maximum atomic E-state index is 12.0. The summed E-state index contributed by atoms with van der Waals surface area (Å²) in [6, 6.07) is 7.87. The molecule has 1 heterocycles. The zero-order valence-corrected chi connectivity index (χ0v) is 13.5. The van der Waals surface area contributed by atoms with Gasteiger partial charge in [0.15, 0.2) is 6.61 Å². The lowest BCUT2D eigenvalue weighted by atomic mass is 10.2. The maximum absolute atomic E-state index is 12.0. The van der Waals surface area contributed by atoms with E-state index in [1.54, 1.807) is 18.2 Å². The molecule has 116 valence electrons. The number of rotatable bonds is 6. The van der Waals surface area contributed by atoms with Crippen LogP contribution in [0.15, 0.2) is 30.3 Å². The number of ether oxygens (including phenoxy) is 3. The third-order valence-corrected chi connectivity index (χ3v) is 4.04. The predicted octanol–water partition coefficient (Wildman–Crippen LogP) is 3.46. The van der Waals surface area contributed by atoms with Crippen molar-refractivity contribution in [3.8, 4) is 11.5 Å². The number of methoxy groups -OCH3 is 2. The highest BCUT2D eigenvalue weighted by atomic mass is 35.5. The summed E-state index contributed by atoms with van der Waals surface area (Å²) in [6.45, 7) is -0.352. The van der Waals surface area contributed by atoms with E-state index >= 15 is 0 Å². The first-order valence-corrected chi connectivity index (χ1v) is 7.41. The van der Waals surface area contributed by atoms with Gasteiger partial charge in [0.1, 0.15) is 11.5 Å². The summed E-state index contributed by atoms with van der Waals surface area (Å²) in [5.74, 6) is -0.0151. The first-order chi connectivity index (χ1) is 10.5. The minimum atomic E-state index is -0.631. The second-order valence-corrected chi connectivity index (χ2v) is 5.92. The number of hydrogen-bond donors (Lipinski definition) is 0. The van der Waals surface area contributed by atoms with Crippen LogP contribution in [0.5, 0.6) is 11.5 Å². The first kappa shape index (κ1) is 16.3. The fraction of sp³-hybridized carbons (Fsp3) is 0.200. The number of ketones is 1. The van der Waals surface area contributed by atoms with Crippen molar-refractivity contribution in [2.24, 2.45) is 0 Å². The Bertz CT molecular complexity index is 673. The Hall–Kier alpha value is -2.05. The van der Waals surface area contributed by atoms with Gasteiger partial charge in [-0.15, -0.1) is 11.3 Å². The summed E-state index contributed by atoms with van der Waals surface area (Å²) >= 11 is 6.90. The van der Waals surface area contributed by atoms with Crippen LogP contribution in [0.4, 0.5) is 0 Å². The van der Waals surface area contributed by atoms with E-state index in [0.717, 1.165) is 11.3 Å². The van der Waals surface area contributed by atoms with Crippen LogP contribution in [0, 0.1) is 0 Å². The van der Waals surface area contributed by atoms with Crippen molar-refractivity contribution in [1.29, 1.82) is 0 Å². The fourth-order valence-electron chi connectivity index (χ4n) is 1.67.